The van der Waals surface area contributed by atoms with E-state index in [4.69, 9.17) is 4.98 Å². The number of piperazine rings is 1. The number of hydrogen-bond acceptors (Lipinski definition) is 4. The quantitative estimate of drug-likeness (QED) is 0.783. The Kier molecular flexibility index (Phi) is 3.16. The maximum absolute atomic E-state index is 4.70. The van der Waals surface area contributed by atoms with Crippen molar-refractivity contribution in [1.29, 1.82) is 0 Å². The minimum absolute atomic E-state index is 0.770. The molecule has 2 saturated heterocycles. The van der Waals surface area contributed by atoms with Crippen molar-refractivity contribution < 1.29 is 0 Å². The second-order valence-corrected chi connectivity index (χ2v) is 6.96. The zero-order chi connectivity index (χ0) is 12.7. The van der Waals surface area contributed by atoms with Crippen molar-refractivity contribution in [2.75, 3.05) is 36.8 Å². The molecule has 3 aliphatic rings. The average molecular weight is 275 g/mol. The highest BCUT2D eigenvalue weighted by Crippen LogP contribution is 2.38. The minimum atomic E-state index is 0.770. The lowest BCUT2D eigenvalue weighted by molar-refractivity contribution is 0.133. The fourth-order valence-corrected chi connectivity index (χ4v) is 4.86. The van der Waals surface area contributed by atoms with Gasteiger partial charge in [-0.25, -0.2) is 4.98 Å². The van der Waals surface area contributed by atoms with Crippen molar-refractivity contribution >= 4 is 17.6 Å². The predicted octanol–water partition coefficient (Wildman–Crippen LogP) is 2.40. The lowest BCUT2D eigenvalue weighted by Gasteiger charge is -2.44. The molecule has 102 valence electrons. The third-order valence-corrected chi connectivity index (χ3v) is 5.86. The number of fused-ring (bicyclic) bond motifs is 2. The van der Waals surface area contributed by atoms with Crippen LogP contribution in [0.2, 0.25) is 0 Å². The molecule has 4 heterocycles. The molecule has 0 amide bonds. The monoisotopic (exact) mass is 275 g/mol. The van der Waals surface area contributed by atoms with Crippen LogP contribution in [0.5, 0.6) is 0 Å². The molecule has 2 fully saturated rings. The van der Waals surface area contributed by atoms with Crippen molar-refractivity contribution in [1.82, 2.24) is 9.88 Å². The molecule has 1 aromatic heterocycles. The van der Waals surface area contributed by atoms with Crippen LogP contribution in [0, 0.1) is 0 Å². The van der Waals surface area contributed by atoms with Crippen molar-refractivity contribution in [2.24, 2.45) is 0 Å². The van der Waals surface area contributed by atoms with E-state index in [2.05, 4.69) is 15.9 Å². The molecule has 1 unspecified atom stereocenters. The normalized spacial score (nSPS) is 27.2. The minimum Gasteiger partial charge on any atom is -0.353 e. The van der Waals surface area contributed by atoms with E-state index in [1.807, 2.05) is 18.0 Å². The topological polar surface area (TPSA) is 19.4 Å². The van der Waals surface area contributed by atoms with Crippen LogP contribution in [0.25, 0.3) is 0 Å². The van der Waals surface area contributed by atoms with Crippen LogP contribution >= 0.6 is 11.8 Å². The van der Waals surface area contributed by atoms with Crippen molar-refractivity contribution in [2.45, 2.75) is 36.6 Å². The first-order valence-electron chi connectivity index (χ1n) is 7.51. The fourth-order valence-electron chi connectivity index (χ4n) is 3.67. The second-order valence-electron chi connectivity index (χ2n) is 5.85. The van der Waals surface area contributed by atoms with Gasteiger partial charge in [0.25, 0.3) is 0 Å². The lowest BCUT2D eigenvalue weighted by atomic mass is 9.99. The first-order chi connectivity index (χ1) is 9.42. The van der Waals surface area contributed by atoms with Crippen molar-refractivity contribution in [3.8, 4) is 0 Å². The SMILES string of the molecule is c1cc2c(c(N3CCN4CCCCC4C3)n1)SCC2. The summed E-state index contributed by atoms with van der Waals surface area (Å²) in [6.45, 7) is 4.87. The van der Waals surface area contributed by atoms with E-state index in [0.29, 0.717) is 0 Å². The van der Waals surface area contributed by atoms with Gasteiger partial charge < -0.3 is 4.90 Å². The standard InChI is InChI=1S/C15H21N3S/c1-2-7-17-8-9-18(11-13(17)3-1)15-14-12(4-6-16-15)5-10-19-14/h4,6,13H,1-3,5,7-11H2. The second kappa shape index (κ2) is 4.98. The molecule has 0 saturated carbocycles. The largest absolute Gasteiger partial charge is 0.353 e. The number of nitrogens with zero attached hydrogens (tertiary/aromatic N) is 3. The maximum Gasteiger partial charge on any atom is 0.142 e. The number of hydrogen-bond donors (Lipinski definition) is 0. The van der Waals surface area contributed by atoms with Crippen LogP contribution < -0.4 is 4.90 Å². The van der Waals surface area contributed by atoms with Crippen molar-refractivity contribution in [3.05, 3.63) is 17.8 Å². The van der Waals surface area contributed by atoms with Gasteiger partial charge in [0.05, 0.1) is 4.90 Å². The molecule has 1 atom stereocenters. The van der Waals surface area contributed by atoms with E-state index in [1.54, 1.807) is 0 Å². The molecule has 3 nitrogen and oxygen atoms in total. The van der Waals surface area contributed by atoms with Crippen molar-refractivity contribution in [3.63, 3.8) is 0 Å². The van der Waals surface area contributed by atoms with E-state index in [1.165, 1.54) is 67.3 Å². The molecule has 19 heavy (non-hydrogen) atoms. The van der Waals surface area contributed by atoms with E-state index < -0.39 is 0 Å². The number of aryl methyl sites for hydroxylation is 1. The van der Waals surface area contributed by atoms with Crippen LogP contribution in [-0.2, 0) is 6.42 Å². The highest BCUT2D eigenvalue weighted by Gasteiger charge is 2.31. The average Bonchev–Trinajstić information content (AvgIpc) is 2.95. The summed E-state index contributed by atoms with van der Waals surface area (Å²) in [7, 11) is 0. The number of aromatic nitrogens is 1. The van der Waals surface area contributed by atoms with Crippen LogP contribution in [0.1, 0.15) is 24.8 Å². The lowest BCUT2D eigenvalue weighted by Crippen LogP contribution is -2.55. The van der Waals surface area contributed by atoms with Gasteiger partial charge in [-0.1, -0.05) is 6.42 Å². The van der Waals surface area contributed by atoms with Gasteiger partial charge in [-0.2, -0.15) is 0 Å². The Hall–Kier alpha value is -0.740. The Morgan fingerprint density at radius 1 is 1.21 bits per heavy atom. The molecular formula is C15H21N3S. The van der Waals surface area contributed by atoms with Gasteiger partial charge in [0.15, 0.2) is 0 Å². The van der Waals surface area contributed by atoms with Gasteiger partial charge in [0, 0.05) is 37.6 Å². The number of rotatable bonds is 1. The smallest absolute Gasteiger partial charge is 0.142 e. The molecule has 0 spiro atoms. The zero-order valence-corrected chi connectivity index (χ0v) is 12.2. The third kappa shape index (κ3) is 2.15. The Labute approximate surface area is 119 Å². The molecular weight excluding hydrogens is 254 g/mol. The number of thioether (sulfide) groups is 1. The summed E-state index contributed by atoms with van der Waals surface area (Å²) in [6.07, 6.45) is 7.40. The summed E-state index contributed by atoms with van der Waals surface area (Å²) in [4.78, 5) is 11.4. The first-order valence-corrected chi connectivity index (χ1v) is 8.50. The zero-order valence-electron chi connectivity index (χ0n) is 11.3. The summed E-state index contributed by atoms with van der Waals surface area (Å²) in [5.41, 5.74) is 1.51. The van der Waals surface area contributed by atoms with E-state index in [-0.39, 0.29) is 0 Å². The summed E-state index contributed by atoms with van der Waals surface area (Å²) in [5, 5.41) is 0. The van der Waals surface area contributed by atoms with Crippen LogP contribution in [0.4, 0.5) is 5.82 Å². The summed E-state index contributed by atoms with van der Waals surface area (Å²) < 4.78 is 0. The molecule has 0 bridgehead atoms. The molecule has 0 aliphatic carbocycles. The summed E-state index contributed by atoms with van der Waals surface area (Å²) in [6, 6.07) is 2.97. The molecule has 3 aliphatic heterocycles. The highest BCUT2D eigenvalue weighted by molar-refractivity contribution is 7.99. The number of pyridine rings is 1. The van der Waals surface area contributed by atoms with E-state index in [9.17, 15) is 0 Å². The molecule has 1 aromatic rings. The molecule has 0 aromatic carbocycles. The first kappa shape index (κ1) is 12.0. The highest BCUT2D eigenvalue weighted by atomic mass is 32.2. The maximum atomic E-state index is 4.70. The molecule has 4 heteroatoms. The van der Waals surface area contributed by atoms with Crippen LogP contribution in [0.15, 0.2) is 17.2 Å². The van der Waals surface area contributed by atoms with Crippen LogP contribution in [-0.4, -0.2) is 47.9 Å². The fraction of sp³-hybridized carbons (Fsp3) is 0.667. The van der Waals surface area contributed by atoms with E-state index in [0.717, 1.165) is 12.6 Å². The Morgan fingerprint density at radius 2 is 2.21 bits per heavy atom. The van der Waals surface area contributed by atoms with Crippen LogP contribution in [0.3, 0.4) is 0 Å². The Bertz CT molecular complexity index is 476. The van der Waals surface area contributed by atoms with Gasteiger partial charge >= 0.3 is 0 Å². The molecule has 0 N–H and O–H groups in total. The summed E-state index contributed by atoms with van der Waals surface area (Å²) in [5.74, 6) is 2.50. The molecule has 0 radical (unpaired) electrons. The Morgan fingerprint density at radius 3 is 3.21 bits per heavy atom. The van der Waals surface area contributed by atoms with Gasteiger partial charge in [-0.05, 0) is 37.4 Å². The van der Waals surface area contributed by atoms with Gasteiger partial charge in [-0.15, -0.1) is 11.8 Å². The third-order valence-electron chi connectivity index (χ3n) is 4.72. The number of piperidine rings is 1. The van der Waals surface area contributed by atoms with Gasteiger partial charge in [-0.3, -0.25) is 4.90 Å². The molecule has 4 rings (SSSR count). The Balaban J connectivity index is 1.58. The summed E-state index contributed by atoms with van der Waals surface area (Å²) >= 11 is 2.00. The van der Waals surface area contributed by atoms with E-state index >= 15 is 0 Å². The predicted molar refractivity (Wildman–Crippen MR) is 80.1 cm³/mol. The van der Waals surface area contributed by atoms with Gasteiger partial charge in [0.2, 0.25) is 0 Å². The van der Waals surface area contributed by atoms with Gasteiger partial charge in [0.1, 0.15) is 5.82 Å². The number of anilines is 1.